The number of nitro benzene ring substituents is 1. The van der Waals surface area contributed by atoms with Gasteiger partial charge in [-0.05, 0) is 32.9 Å². The molecule has 0 saturated carbocycles. The number of anilines is 1. The van der Waals surface area contributed by atoms with Gasteiger partial charge in [-0.25, -0.2) is 8.42 Å². The fourth-order valence-electron chi connectivity index (χ4n) is 1.96. The van der Waals surface area contributed by atoms with Crippen molar-refractivity contribution >= 4 is 27.1 Å². The minimum Gasteiger partial charge on any atom is -0.360 e. The fourth-order valence-corrected chi connectivity index (χ4v) is 2.60. The quantitative estimate of drug-likeness (QED) is 0.638. The van der Waals surface area contributed by atoms with E-state index in [-0.39, 0.29) is 28.7 Å². The molecule has 0 aliphatic rings. The highest BCUT2D eigenvalue weighted by Crippen LogP contribution is 2.30. The van der Waals surface area contributed by atoms with Crippen LogP contribution in [0.15, 0.2) is 23.1 Å². The zero-order chi connectivity index (χ0) is 18.0. The smallest absolute Gasteiger partial charge is 0.293 e. The number of carbonyl (C=O) groups excluding carboxylic acids is 1. The second-order valence-electron chi connectivity index (χ2n) is 6.33. The SMILES string of the molecule is CN(CC(=O)NC(C)(C)C)c1ccc(S(C)(=O)=O)cc1[N+](=O)[O-]. The van der Waals surface area contributed by atoms with Crippen LogP contribution >= 0.6 is 0 Å². The number of hydrogen-bond donors (Lipinski definition) is 1. The Balaban J connectivity index is 3.12. The summed E-state index contributed by atoms with van der Waals surface area (Å²) in [5.74, 6) is -0.290. The largest absolute Gasteiger partial charge is 0.360 e. The summed E-state index contributed by atoms with van der Waals surface area (Å²) in [6.45, 7) is 5.40. The second-order valence-corrected chi connectivity index (χ2v) is 8.35. The van der Waals surface area contributed by atoms with Gasteiger partial charge in [-0.3, -0.25) is 14.9 Å². The van der Waals surface area contributed by atoms with E-state index < -0.39 is 20.3 Å². The minimum atomic E-state index is -3.55. The lowest BCUT2D eigenvalue weighted by atomic mass is 10.1. The molecule has 0 bridgehead atoms. The maximum absolute atomic E-state index is 11.9. The monoisotopic (exact) mass is 343 g/mol. The Labute approximate surface area is 135 Å². The van der Waals surface area contributed by atoms with E-state index in [1.165, 1.54) is 24.1 Å². The molecule has 1 aromatic rings. The highest BCUT2D eigenvalue weighted by molar-refractivity contribution is 7.90. The molecule has 0 aromatic heterocycles. The zero-order valence-electron chi connectivity index (χ0n) is 13.8. The predicted molar refractivity (Wildman–Crippen MR) is 87.4 cm³/mol. The molecule has 0 radical (unpaired) electrons. The number of nitrogens with one attached hydrogen (secondary N) is 1. The molecule has 0 aliphatic carbocycles. The summed E-state index contributed by atoms with van der Waals surface area (Å²) < 4.78 is 23.0. The van der Waals surface area contributed by atoms with Gasteiger partial charge in [0.25, 0.3) is 5.69 Å². The molecule has 0 unspecified atom stereocenters. The van der Waals surface area contributed by atoms with Crippen LogP contribution in [0.4, 0.5) is 11.4 Å². The molecule has 1 amide bonds. The number of nitro groups is 1. The fraction of sp³-hybridized carbons (Fsp3) is 0.500. The number of sulfone groups is 1. The van der Waals surface area contributed by atoms with Gasteiger partial charge in [0.05, 0.1) is 16.4 Å². The molecule has 128 valence electrons. The van der Waals surface area contributed by atoms with Gasteiger partial charge in [0, 0.05) is 24.9 Å². The normalized spacial score (nSPS) is 11.9. The molecule has 8 nitrogen and oxygen atoms in total. The second kappa shape index (κ2) is 6.53. The standard InChI is InChI=1S/C14H21N3O5S/c1-14(2,3)15-13(18)9-16(4)11-7-6-10(23(5,21)22)8-12(11)17(19)20/h6-8H,9H2,1-5H3,(H,15,18). The third kappa shape index (κ3) is 5.51. The van der Waals surface area contributed by atoms with Crippen LogP contribution in [-0.2, 0) is 14.6 Å². The summed E-state index contributed by atoms with van der Waals surface area (Å²) in [5, 5.41) is 14.0. The number of benzene rings is 1. The summed E-state index contributed by atoms with van der Waals surface area (Å²) in [4.78, 5) is 23.7. The molecule has 0 saturated heterocycles. The Morgan fingerprint density at radius 2 is 1.91 bits per heavy atom. The van der Waals surface area contributed by atoms with E-state index in [1.807, 2.05) is 20.8 Å². The summed E-state index contributed by atoms with van der Waals surface area (Å²) in [6, 6.07) is 3.62. The van der Waals surface area contributed by atoms with Crippen LogP contribution in [0, 0.1) is 10.1 Å². The van der Waals surface area contributed by atoms with E-state index in [9.17, 15) is 23.3 Å². The number of hydrogen-bond acceptors (Lipinski definition) is 6. The lowest BCUT2D eigenvalue weighted by Crippen LogP contribution is -2.45. The molecule has 0 fully saturated rings. The first-order chi connectivity index (χ1) is 10.3. The third-order valence-electron chi connectivity index (χ3n) is 2.88. The van der Waals surface area contributed by atoms with Gasteiger partial charge in [0.1, 0.15) is 5.69 Å². The van der Waals surface area contributed by atoms with Gasteiger partial charge in [0.15, 0.2) is 9.84 Å². The molecule has 0 aliphatic heterocycles. The number of carbonyl (C=O) groups is 1. The molecule has 0 heterocycles. The van der Waals surface area contributed by atoms with Gasteiger partial charge in [-0.15, -0.1) is 0 Å². The Bertz CT molecular complexity index is 722. The van der Waals surface area contributed by atoms with Crippen LogP contribution < -0.4 is 10.2 Å². The van der Waals surface area contributed by atoms with E-state index in [0.717, 1.165) is 12.3 Å². The molecule has 1 rings (SSSR count). The van der Waals surface area contributed by atoms with Crippen molar-refractivity contribution in [2.24, 2.45) is 0 Å². The molecule has 23 heavy (non-hydrogen) atoms. The molecular formula is C14H21N3O5S. The summed E-state index contributed by atoms with van der Waals surface area (Å²) in [5.41, 5.74) is -0.602. The predicted octanol–water partition coefficient (Wildman–Crippen LogP) is 1.35. The molecule has 0 spiro atoms. The molecule has 9 heteroatoms. The summed E-state index contributed by atoms with van der Waals surface area (Å²) in [7, 11) is -2.02. The maximum Gasteiger partial charge on any atom is 0.293 e. The molecule has 1 aromatic carbocycles. The van der Waals surface area contributed by atoms with Gasteiger partial charge >= 0.3 is 0 Å². The maximum atomic E-state index is 11.9. The van der Waals surface area contributed by atoms with E-state index in [2.05, 4.69) is 5.32 Å². The van der Waals surface area contributed by atoms with Crippen LogP contribution in [0.2, 0.25) is 0 Å². The van der Waals surface area contributed by atoms with Crippen molar-refractivity contribution in [2.45, 2.75) is 31.2 Å². The minimum absolute atomic E-state index is 0.0870. The topological polar surface area (TPSA) is 110 Å². The number of nitrogens with zero attached hydrogens (tertiary/aromatic N) is 2. The van der Waals surface area contributed by atoms with Crippen LogP contribution in [0.5, 0.6) is 0 Å². The third-order valence-corrected chi connectivity index (χ3v) is 3.99. The van der Waals surface area contributed by atoms with Crippen molar-refractivity contribution in [1.82, 2.24) is 5.32 Å². The van der Waals surface area contributed by atoms with Gasteiger partial charge < -0.3 is 10.2 Å². The van der Waals surface area contributed by atoms with Crippen molar-refractivity contribution in [1.29, 1.82) is 0 Å². The highest BCUT2D eigenvalue weighted by atomic mass is 32.2. The first-order valence-electron chi connectivity index (χ1n) is 6.82. The van der Waals surface area contributed by atoms with Gasteiger partial charge in [-0.1, -0.05) is 0 Å². The summed E-state index contributed by atoms with van der Waals surface area (Å²) in [6.07, 6.45) is 0.978. The van der Waals surface area contributed by atoms with Crippen molar-refractivity contribution in [3.05, 3.63) is 28.3 Å². The first-order valence-corrected chi connectivity index (χ1v) is 8.71. The average Bonchev–Trinajstić information content (AvgIpc) is 2.34. The van der Waals surface area contributed by atoms with Gasteiger partial charge in [0.2, 0.25) is 5.91 Å². The van der Waals surface area contributed by atoms with Crippen LogP contribution in [0.3, 0.4) is 0 Å². The Kier molecular flexibility index (Phi) is 5.36. The summed E-state index contributed by atoms with van der Waals surface area (Å²) >= 11 is 0. The Morgan fingerprint density at radius 1 is 1.35 bits per heavy atom. The van der Waals surface area contributed by atoms with E-state index in [0.29, 0.717) is 0 Å². The van der Waals surface area contributed by atoms with Crippen molar-refractivity contribution in [3.8, 4) is 0 Å². The Morgan fingerprint density at radius 3 is 2.35 bits per heavy atom. The lowest BCUT2D eigenvalue weighted by molar-refractivity contribution is -0.384. The highest BCUT2D eigenvalue weighted by Gasteiger charge is 2.23. The number of amides is 1. The Hall–Kier alpha value is -2.16. The lowest BCUT2D eigenvalue weighted by Gasteiger charge is -2.24. The van der Waals surface area contributed by atoms with E-state index in [4.69, 9.17) is 0 Å². The first kappa shape index (κ1) is 18.9. The molecule has 1 N–H and O–H groups in total. The van der Waals surface area contributed by atoms with E-state index >= 15 is 0 Å². The van der Waals surface area contributed by atoms with E-state index in [1.54, 1.807) is 0 Å². The molecule has 0 atom stereocenters. The van der Waals surface area contributed by atoms with Crippen LogP contribution in [0.25, 0.3) is 0 Å². The van der Waals surface area contributed by atoms with Crippen LogP contribution in [-0.4, -0.2) is 44.6 Å². The number of rotatable bonds is 5. The van der Waals surface area contributed by atoms with Crippen molar-refractivity contribution in [3.63, 3.8) is 0 Å². The van der Waals surface area contributed by atoms with Crippen molar-refractivity contribution < 1.29 is 18.1 Å². The molecular weight excluding hydrogens is 322 g/mol. The van der Waals surface area contributed by atoms with Gasteiger partial charge in [-0.2, -0.15) is 0 Å². The van der Waals surface area contributed by atoms with Crippen LogP contribution in [0.1, 0.15) is 20.8 Å². The average molecular weight is 343 g/mol. The zero-order valence-corrected chi connectivity index (χ0v) is 14.6. The van der Waals surface area contributed by atoms with Crippen molar-refractivity contribution in [2.75, 3.05) is 24.7 Å². The number of likely N-dealkylation sites (N-methyl/N-ethyl adjacent to an activating group) is 1.